The van der Waals surface area contributed by atoms with Gasteiger partial charge in [-0.3, -0.25) is 4.79 Å². The fourth-order valence-corrected chi connectivity index (χ4v) is 1.28. The quantitative estimate of drug-likeness (QED) is 0.595. The minimum absolute atomic E-state index is 0.210. The summed E-state index contributed by atoms with van der Waals surface area (Å²) in [6.45, 7) is 2.04. The summed E-state index contributed by atoms with van der Waals surface area (Å²) in [6, 6.07) is -0.936. The van der Waals surface area contributed by atoms with Crippen molar-refractivity contribution in [3.05, 3.63) is 18.2 Å². The lowest BCUT2D eigenvalue weighted by atomic mass is 10.2. The first-order chi connectivity index (χ1) is 7.00. The van der Waals surface area contributed by atoms with Gasteiger partial charge in [0.2, 0.25) is 0 Å². The maximum absolute atomic E-state index is 10.6. The highest BCUT2D eigenvalue weighted by Crippen LogP contribution is 2.04. The maximum atomic E-state index is 10.6. The molecule has 0 aliphatic heterocycles. The molecule has 1 heterocycles. The number of aromatic nitrogens is 2. The summed E-state index contributed by atoms with van der Waals surface area (Å²) >= 11 is 0. The molecule has 0 saturated carbocycles. The lowest BCUT2D eigenvalue weighted by Gasteiger charge is -2.11. The van der Waals surface area contributed by atoms with Gasteiger partial charge < -0.3 is 20.5 Å². The number of carboxylic acids is 1. The van der Waals surface area contributed by atoms with Crippen molar-refractivity contribution >= 4 is 5.97 Å². The largest absolute Gasteiger partial charge is 0.480 e. The van der Waals surface area contributed by atoms with Gasteiger partial charge in [-0.1, -0.05) is 0 Å². The van der Waals surface area contributed by atoms with Crippen molar-refractivity contribution in [3.63, 3.8) is 0 Å². The number of hydrogen-bond acceptors (Lipinski definition) is 4. The molecule has 1 rings (SSSR count). The van der Waals surface area contributed by atoms with Gasteiger partial charge in [0, 0.05) is 24.9 Å². The van der Waals surface area contributed by atoms with Crippen LogP contribution < -0.4 is 5.73 Å². The van der Waals surface area contributed by atoms with Crippen LogP contribution in [0.2, 0.25) is 0 Å². The van der Waals surface area contributed by atoms with Crippen LogP contribution in [0.25, 0.3) is 0 Å². The monoisotopic (exact) mass is 213 g/mol. The lowest BCUT2D eigenvalue weighted by Crippen LogP contribution is -2.33. The Labute approximate surface area is 87.3 Å². The summed E-state index contributed by atoms with van der Waals surface area (Å²) in [6.07, 6.45) is 2.82. The SMILES string of the molecule is CC(O)Cn1cncc1C[C@H](N)C(=O)O. The topological polar surface area (TPSA) is 101 Å². The van der Waals surface area contributed by atoms with Crippen LogP contribution in [-0.4, -0.2) is 37.9 Å². The van der Waals surface area contributed by atoms with E-state index in [0.717, 1.165) is 0 Å². The van der Waals surface area contributed by atoms with Crippen molar-refractivity contribution < 1.29 is 15.0 Å². The van der Waals surface area contributed by atoms with Gasteiger partial charge in [-0.05, 0) is 6.92 Å². The number of hydrogen-bond donors (Lipinski definition) is 3. The smallest absolute Gasteiger partial charge is 0.320 e. The zero-order valence-electron chi connectivity index (χ0n) is 8.50. The third-order valence-corrected chi connectivity index (χ3v) is 2.01. The van der Waals surface area contributed by atoms with E-state index in [1.54, 1.807) is 24.0 Å². The average molecular weight is 213 g/mol. The summed E-state index contributed by atoms with van der Waals surface area (Å²) in [5.41, 5.74) is 6.12. The molecule has 0 radical (unpaired) electrons. The van der Waals surface area contributed by atoms with Crippen LogP contribution >= 0.6 is 0 Å². The summed E-state index contributed by atoms with van der Waals surface area (Å²) in [5.74, 6) is -1.04. The molecule has 0 saturated heterocycles. The van der Waals surface area contributed by atoms with Gasteiger partial charge >= 0.3 is 5.97 Å². The zero-order chi connectivity index (χ0) is 11.4. The van der Waals surface area contributed by atoms with Gasteiger partial charge in [-0.2, -0.15) is 0 Å². The summed E-state index contributed by atoms with van der Waals surface area (Å²) in [5, 5.41) is 17.8. The van der Waals surface area contributed by atoms with Gasteiger partial charge in [0.1, 0.15) is 6.04 Å². The summed E-state index contributed by atoms with van der Waals surface area (Å²) in [7, 11) is 0. The first-order valence-electron chi connectivity index (χ1n) is 4.66. The highest BCUT2D eigenvalue weighted by Gasteiger charge is 2.15. The number of nitrogens with two attached hydrogens (primary N) is 1. The molecule has 2 atom stereocenters. The normalized spacial score (nSPS) is 14.9. The number of carbonyl (C=O) groups is 1. The maximum Gasteiger partial charge on any atom is 0.320 e. The Morgan fingerprint density at radius 2 is 2.40 bits per heavy atom. The van der Waals surface area contributed by atoms with E-state index in [-0.39, 0.29) is 6.42 Å². The molecule has 0 amide bonds. The molecule has 0 aromatic carbocycles. The van der Waals surface area contributed by atoms with E-state index in [2.05, 4.69) is 4.98 Å². The van der Waals surface area contributed by atoms with E-state index in [0.29, 0.717) is 12.2 Å². The number of nitrogens with zero attached hydrogens (tertiary/aromatic N) is 2. The molecule has 4 N–H and O–H groups in total. The van der Waals surface area contributed by atoms with E-state index in [4.69, 9.17) is 10.8 Å². The van der Waals surface area contributed by atoms with E-state index in [1.807, 2.05) is 0 Å². The fourth-order valence-electron chi connectivity index (χ4n) is 1.28. The predicted molar refractivity (Wildman–Crippen MR) is 53.2 cm³/mol. The Hall–Kier alpha value is -1.40. The third-order valence-electron chi connectivity index (χ3n) is 2.01. The van der Waals surface area contributed by atoms with Crippen molar-refractivity contribution in [2.45, 2.75) is 32.0 Å². The molecular formula is C9H15N3O3. The van der Waals surface area contributed by atoms with Crippen LogP contribution in [0, 0.1) is 0 Å². The number of aliphatic hydroxyl groups excluding tert-OH is 1. The molecule has 0 spiro atoms. The van der Waals surface area contributed by atoms with E-state index in [1.165, 1.54) is 0 Å². The van der Waals surface area contributed by atoms with Gasteiger partial charge in [0.15, 0.2) is 0 Å². The number of aliphatic carboxylic acids is 1. The van der Waals surface area contributed by atoms with Gasteiger partial charge in [-0.25, -0.2) is 4.98 Å². The standard InChI is InChI=1S/C9H15N3O3/c1-6(13)4-12-5-11-3-7(12)2-8(10)9(14)15/h3,5-6,8,13H,2,4,10H2,1H3,(H,14,15)/t6?,8-/m0/s1. The van der Waals surface area contributed by atoms with Gasteiger partial charge in [0.25, 0.3) is 0 Å². The molecule has 6 heteroatoms. The second-order valence-corrected chi connectivity index (χ2v) is 3.54. The molecule has 6 nitrogen and oxygen atoms in total. The van der Waals surface area contributed by atoms with Crippen LogP contribution in [0.5, 0.6) is 0 Å². The Balaban J connectivity index is 2.68. The van der Waals surface area contributed by atoms with Crippen molar-refractivity contribution in [1.29, 1.82) is 0 Å². The van der Waals surface area contributed by atoms with E-state index in [9.17, 15) is 9.90 Å². The Morgan fingerprint density at radius 3 is 2.93 bits per heavy atom. The highest BCUT2D eigenvalue weighted by atomic mass is 16.4. The van der Waals surface area contributed by atoms with E-state index >= 15 is 0 Å². The summed E-state index contributed by atoms with van der Waals surface area (Å²) < 4.78 is 1.70. The van der Waals surface area contributed by atoms with Gasteiger partial charge in [-0.15, -0.1) is 0 Å². The first kappa shape index (κ1) is 11.7. The Bertz CT molecular complexity index is 335. The second-order valence-electron chi connectivity index (χ2n) is 3.54. The Kier molecular flexibility index (Phi) is 3.81. The van der Waals surface area contributed by atoms with Crippen LogP contribution in [-0.2, 0) is 17.8 Å². The van der Waals surface area contributed by atoms with Crippen LogP contribution in [0.15, 0.2) is 12.5 Å². The van der Waals surface area contributed by atoms with Crippen LogP contribution in [0.4, 0.5) is 0 Å². The number of aliphatic hydroxyl groups is 1. The van der Waals surface area contributed by atoms with Gasteiger partial charge in [0.05, 0.1) is 12.4 Å². The number of carboxylic acid groups (broad SMARTS) is 1. The summed E-state index contributed by atoms with van der Waals surface area (Å²) in [4.78, 5) is 14.4. The molecule has 1 aromatic heterocycles. The molecule has 0 aliphatic rings. The number of rotatable bonds is 5. The molecule has 1 unspecified atom stereocenters. The molecule has 15 heavy (non-hydrogen) atoms. The first-order valence-corrected chi connectivity index (χ1v) is 4.66. The predicted octanol–water partition coefficient (Wildman–Crippen LogP) is -0.782. The van der Waals surface area contributed by atoms with Crippen molar-refractivity contribution in [2.24, 2.45) is 5.73 Å². The molecule has 0 aliphatic carbocycles. The molecule has 0 fully saturated rings. The van der Waals surface area contributed by atoms with Crippen molar-refractivity contribution in [3.8, 4) is 0 Å². The van der Waals surface area contributed by atoms with Crippen molar-refractivity contribution in [2.75, 3.05) is 0 Å². The molecular weight excluding hydrogens is 198 g/mol. The average Bonchev–Trinajstić information content (AvgIpc) is 2.51. The third kappa shape index (κ3) is 3.34. The fraction of sp³-hybridized carbons (Fsp3) is 0.556. The van der Waals surface area contributed by atoms with Crippen molar-refractivity contribution in [1.82, 2.24) is 9.55 Å². The molecule has 1 aromatic rings. The lowest BCUT2D eigenvalue weighted by molar-refractivity contribution is -0.138. The zero-order valence-corrected chi connectivity index (χ0v) is 8.50. The minimum Gasteiger partial charge on any atom is -0.480 e. The number of imidazole rings is 1. The second kappa shape index (κ2) is 4.90. The Morgan fingerprint density at radius 1 is 1.73 bits per heavy atom. The highest BCUT2D eigenvalue weighted by molar-refractivity contribution is 5.73. The van der Waals surface area contributed by atoms with Crippen LogP contribution in [0.1, 0.15) is 12.6 Å². The minimum atomic E-state index is -1.04. The van der Waals surface area contributed by atoms with E-state index < -0.39 is 18.1 Å². The molecule has 84 valence electrons. The van der Waals surface area contributed by atoms with Crippen LogP contribution in [0.3, 0.4) is 0 Å². The molecule has 0 bridgehead atoms.